The van der Waals surface area contributed by atoms with E-state index in [-0.39, 0.29) is 6.10 Å². The smallest absolute Gasteiger partial charge is 0.0543 e. The van der Waals surface area contributed by atoms with Crippen LogP contribution >= 0.6 is 0 Å². The van der Waals surface area contributed by atoms with Crippen molar-refractivity contribution < 1.29 is 9.84 Å². The van der Waals surface area contributed by atoms with Gasteiger partial charge in [0.15, 0.2) is 0 Å². The molecule has 2 rings (SSSR count). The fraction of sp³-hybridized carbons (Fsp3) is 1.00. The van der Waals surface area contributed by atoms with Gasteiger partial charge < -0.3 is 9.84 Å². The van der Waals surface area contributed by atoms with Crippen molar-refractivity contribution in [3.05, 3.63) is 0 Å². The fourth-order valence-corrected chi connectivity index (χ4v) is 4.30. The number of fused-ring (bicyclic) bond motifs is 2. The van der Waals surface area contributed by atoms with Crippen molar-refractivity contribution in [1.82, 2.24) is 0 Å². The summed E-state index contributed by atoms with van der Waals surface area (Å²) in [6.07, 6.45) is 5.63. The molecule has 100 valence electrons. The molecule has 6 unspecified atom stereocenters. The number of hydrogen-bond donors (Lipinski definition) is 1. The molecule has 2 nitrogen and oxygen atoms in total. The molecule has 0 amide bonds. The van der Waals surface area contributed by atoms with Crippen molar-refractivity contribution in [3.63, 3.8) is 0 Å². The molecule has 0 aromatic rings. The largest absolute Gasteiger partial charge is 0.393 e. The molecule has 0 radical (unpaired) electrons. The van der Waals surface area contributed by atoms with E-state index in [9.17, 15) is 5.11 Å². The highest BCUT2D eigenvalue weighted by molar-refractivity contribution is 4.97. The van der Waals surface area contributed by atoms with Crippen molar-refractivity contribution in [2.45, 2.75) is 52.1 Å². The summed E-state index contributed by atoms with van der Waals surface area (Å²) in [5, 5.41) is 10.1. The van der Waals surface area contributed by atoms with E-state index in [1.54, 1.807) is 7.11 Å². The summed E-state index contributed by atoms with van der Waals surface area (Å²) in [7, 11) is 1.73. The molecule has 0 aromatic heterocycles. The highest BCUT2D eigenvalue weighted by atomic mass is 16.5. The van der Waals surface area contributed by atoms with Crippen molar-refractivity contribution in [2.75, 3.05) is 13.7 Å². The third-order valence-corrected chi connectivity index (χ3v) is 5.49. The second-order valence-electron chi connectivity index (χ2n) is 6.40. The first-order valence-corrected chi connectivity index (χ1v) is 7.30. The molecule has 0 aliphatic heterocycles. The van der Waals surface area contributed by atoms with E-state index in [2.05, 4.69) is 13.8 Å². The molecule has 1 N–H and O–H groups in total. The van der Waals surface area contributed by atoms with Gasteiger partial charge in [-0.3, -0.25) is 0 Å². The number of hydrogen-bond acceptors (Lipinski definition) is 2. The number of rotatable bonds is 6. The van der Waals surface area contributed by atoms with Gasteiger partial charge in [0.2, 0.25) is 0 Å². The lowest BCUT2D eigenvalue weighted by Gasteiger charge is -2.32. The van der Waals surface area contributed by atoms with Gasteiger partial charge in [0.1, 0.15) is 0 Å². The summed E-state index contributed by atoms with van der Waals surface area (Å²) in [5.41, 5.74) is 0. The zero-order chi connectivity index (χ0) is 12.4. The number of aliphatic hydroxyl groups is 1. The van der Waals surface area contributed by atoms with E-state index in [0.29, 0.717) is 0 Å². The molecule has 2 heteroatoms. The SMILES string of the molecule is COCCCC(O)CC1CC2CC1C(C)C2C. The predicted octanol–water partition coefficient (Wildman–Crippen LogP) is 3.09. The first-order valence-electron chi connectivity index (χ1n) is 7.30. The number of aliphatic hydroxyl groups excluding tert-OH is 1. The molecule has 0 spiro atoms. The molecule has 17 heavy (non-hydrogen) atoms. The Labute approximate surface area is 106 Å². The Bertz CT molecular complexity index is 239. The molecule has 0 saturated heterocycles. The standard InChI is InChI=1S/C15H28O2/c1-10-11(2)15-9-12(10)7-13(15)8-14(16)5-4-6-17-3/h10-16H,4-9H2,1-3H3. The molecule has 2 aliphatic rings. The van der Waals surface area contributed by atoms with Crippen LogP contribution in [0.2, 0.25) is 0 Å². The van der Waals surface area contributed by atoms with Gasteiger partial charge in [-0.05, 0) is 61.7 Å². The van der Waals surface area contributed by atoms with E-state index >= 15 is 0 Å². The van der Waals surface area contributed by atoms with Gasteiger partial charge in [0.05, 0.1) is 6.10 Å². The maximum atomic E-state index is 10.1. The van der Waals surface area contributed by atoms with Gasteiger partial charge in [0, 0.05) is 13.7 Å². The topological polar surface area (TPSA) is 29.5 Å². The normalized spacial score (nSPS) is 42.0. The molecule has 2 saturated carbocycles. The van der Waals surface area contributed by atoms with E-state index < -0.39 is 0 Å². The second kappa shape index (κ2) is 5.71. The lowest BCUT2D eigenvalue weighted by molar-refractivity contribution is 0.0838. The van der Waals surface area contributed by atoms with Gasteiger partial charge in [-0.25, -0.2) is 0 Å². The van der Waals surface area contributed by atoms with Crippen molar-refractivity contribution in [2.24, 2.45) is 29.6 Å². The van der Waals surface area contributed by atoms with Gasteiger partial charge in [-0.15, -0.1) is 0 Å². The maximum absolute atomic E-state index is 10.1. The van der Waals surface area contributed by atoms with Crippen LogP contribution in [0.4, 0.5) is 0 Å². The van der Waals surface area contributed by atoms with Crippen LogP contribution in [0, 0.1) is 29.6 Å². The summed E-state index contributed by atoms with van der Waals surface area (Å²) in [6, 6.07) is 0. The van der Waals surface area contributed by atoms with E-state index in [0.717, 1.165) is 55.5 Å². The third kappa shape index (κ3) is 2.85. The average molecular weight is 240 g/mol. The van der Waals surface area contributed by atoms with Crippen LogP contribution in [0.25, 0.3) is 0 Å². The van der Waals surface area contributed by atoms with Crippen LogP contribution in [0.3, 0.4) is 0 Å². The number of methoxy groups -OCH3 is 1. The lowest BCUT2D eigenvalue weighted by Crippen LogP contribution is -2.27. The minimum Gasteiger partial charge on any atom is -0.393 e. The van der Waals surface area contributed by atoms with Crippen molar-refractivity contribution in [3.8, 4) is 0 Å². The first-order chi connectivity index (χ1) is 8.13. The summed E-state index contributed by atoms with van der Waals surface area (Å²) in [6.45, 7) is 5.61. The van der Waals surface area contributed by atoms with Crippen LogP contribution in [-0.2, 0) is 4.74 Å². The van der Waals surface area contributed by atoms with Crippen LogP contribution in [0.15, 0.2) is 0 Å². The van der Waals surface area contributed by atoms with Crippen LogP contribution in [-0.4, -0.2) is 24.9 Å². The highest BCUT2D eigenvalue weighted by Gasteiger charge is 2.48. The summed E-state index contributed by atoms with van der Waals surface area (Å²) in [5.74, 6) is 4.44. The quantitative estimate of drug-likeness (QED) is 0.723. The molecule has 6 atom stereocenters. The monoisotopic (exact) mass is 240 g/mol. The zero-order valence-electron chi connectivity index (χ0n) is 11.6. The van der Waals surface area contributed by atoms with E-state index in [1.807, 2.05) is 0 Å². The van der Waals surface area contributed by atoms with Gasteiger partial charge in [-0.2, -0.15) is 0 Å². The Morgan fingerprint density at radius 1 is 1.24 bits per heavy atom. The Hall–Kier alpha value is -0.0800. The van der Waals surface area contributed by atoms with Crippen LogP contribution < -0.4 is 0 Å². The Kier molecular flexibility index (Phi) is 4.48. The Morgan fingerprint density at radius 3 is 2.59 bits per heavy atom. The van der Waals surface area contributed by atoms with Crippen molar-refractivity contribution in [1.29, 1.82) is 0 Å². The van der Waals surface area contributed by atoms with Gasteiger partial charge in [-0.1, -0.05) is 13.8 Å². The summed E-state index contributed by atoms with van der Waals surface area (Å²) in [4.78, 5) is 0. The minimum atomic E-state index is -0.1000. The maximum Gasteiger partial charge on any atom is 0.0543 e. The van der Waals surface area contributed by atoms with Crippen LogP contribution in [0.5, 0.6) is 0 Å². The highest BCUT2D eigenvalue weighted by Crippen LogP contribution is 2.56. The second-order valence-corrected chi connectivity index (χ2v) is 6.40. The third-order valence-electron chi connectivity index (χ3n) is 5.49. The molecule has 2 fully saturated rings. The number of ether oxygens (including phenoxy) is 1. The minimum absolute atomic E-state index is 0.1000. The van der Waals surface area contributed by atoms with Crippen LogP contribution in [0.1, 0.15) is 46.0 Å². The fourth-order valence-electron chi connectivity index (χ4n) is 4.30. The zero-order valence-corrected chi connectivity index (χ0v) is 11.6. The van der Waals surface area contributed by atoms with E-state index in [1.165, 1.54) is 12.8 Å². The Balaban J connectivity index is 1.74. The first kappa shape index (κ1) is 13.4. The van der Waals surface area contributed by atoms with E-state index in [4.69, 9.17) is 4.74 Å². The summed E-state index contributed by atoms with van der Waals surface area (Å²) < 4.78 is 5.03. The predicted molar refractivity (Wildman–Crippen MR) is 69.8 cm³/mol. The molecular formula is C15H28O2. The summed E-state index contributed by atoms with van der Waals surface area (Å²) >= 11 is 0. The average Bonchev–Trinajstić information content (AvgIpc) is 2.81. The lowest BCUT2D eigenvalue weighted by atomic mass is 9.74. The van der Waals surface area contributed by atoms with Gasteiger partial charge in [0.25, 0.3) is 0 Å². The van der Waals surface area contributed by atoms with Gasteiger partial charge >= 0.3 is 0 Å². The molecule has 0 aromatic carbocycles. The molecule has 2 bridgehead atoms. The molecule has 2 aliphatic carbocycles. The van der Waals surface area contributed by atoms with Crippen molar-refractivity contribution >= 4 is 0 Å². The molecule has 0 heterocycles. The molecular weight excluding hydrogens is 212 g/mol. The Morgan fingerprint density at radius 2 is 2.00 bits per heavy atom.